The van der Waals surface area contributed by atoms with E-state index in [2.05, 4.69) is 4.99 Å². The third-order valence-electron chi connectivity index (χ3n) is 14.2. The molecule has 3 aliphatic heterocycles. The second kappa shape index (κ2) is 19.4. The molecule has 0 aromatic carbocycles. The van der Waals surface area contributed by atoms with Gasteiger partial charge in [0.15, 0.2) is 0 Å². The number of carboxylic acids is 6. The van der Waals surface area contributed by atoms with Crippen LogP contribution in [0, 0.1) is 56.7 Å². The van der Waals surface area contributed by atoms with Crippen molar-refractivity contribution in [3.8, 4) is 0 Å². The zero-order chi connectivity index (χ0) is 46.6. The summed E-state index contributed by atoms with van der Waals surface area (Å²) >= 11 is 0. The molecular weight excluding hydrogens is 789 g/mol. The molecule has 338 valence electrons. The molecule has 0 spiro atoms. The molecule has 0 aromatic heterocycles. The zero-order valence-corrected chi connectivity index (χ0v) is 37.3. The summed E-state index contributed by atoms with van der Waals surface area (Å²) in [5, 5.41) is 68.6. The van der Waals surface area contributed by atoms with Crippen molar-refractivity contribution in [2.75, 3.05) is 0 Å². The van der Waals surface area contributed by atoms with Crippen molar-refractivity contribution in [3.63, 3.8) is 0 Å². The number of aliphatic imine (C=N–C) groups is 3. The number of aliphatic carboxylic acids is 6. The molecule has 0 amide bonds. The van der Waals surface area contributed by atoms with Gasteiger partial charge in [0.25, 0.3) is 0 Å². The third kappa shape index (κ3) is 10.9. The van der Waals surface area contributed by atoms with Gasteiger partial charge in [0.2, 0.25) is 0 Å². The van der Waals surface area contributed by atoms with E-state index in [1.54, 1.807) is 27.7 Å². The number of carboxylic acid groups (broad SMARTS) is 6. The highest BCUT2D eigenvalue weighted by Crippen LogP contribution is 2.56. The van der Waals surface area contributed by atoms with Crippen LogP contribution in [-0.4, -0.2) is 95.8 Å². The summed E-state index contributed by atoms with van der Waals surface area (Å²) in [5.74, 6) is -9.45. The number of carbonyl (C=O) groups is 6. The summed E-state index contributed by atoms with van der Waals surface area (Å²) in [6, 6.07) is -0.766. The quantitative estimate of drug-likeness (QED) is 0.0431. The lowest BCUT2D eigenvalue weighted by Crippen LogP contribution is -2.48. The number of hydrogen-bond acceptors (Lipinski definition) is 10. The Balaban J connectivity index is 2.31. The molecule has 3 rings (SSSR count). The van der Waals surface area contributed by atoms with E-state index in [1.807, 2.05) is 41.5 Å². The fourth-order valence-corrected chi connectivity index (χ4v) is 10.2. The van der Waals surface area contributed by atoms with Gasteiger partial charge in [0.05, 0.1) is 25.3 Å². The first-order valence-electron chi connectivity index (χ1n) is 21.1. The van der Waals surface area contributed by atoms with Gasteiger partial charge in [-0.25, -0.2) is 0 Å². The maximum Gasteiger partial charge on any atom is 0.304 e. The maximum atomic E-state index is 12.7. The monoisotopic (exact) mass is 854 g/mol. The van der Waals surface area contributed by atoms with Crippen molar-refractivity contribution in [1.82, 2.24) is 0 Å². The van der Waals surface area contributed by atoms with E-state index in [1.165, 1.54) is 6.21 Å². The predicted octanol–water partition coefficient (Wildman–Crippen LogP) is 7.90. The summed E-state index contributed by atoms with van der Waals surface area (Å²) in [6.45, 7) is 18.5. The summed E-state index contributed by atoms with van der Waals surface area (Å²) in [6.07, 6.45) is 0.513. The topological polar surface area (TPSA) is 285 Å². The Labute approximate surface area is 358 Å². The molecule has 0 radical (unpaired) electrons. The van der Waals surface area contributed by atoms with E-state index in [-0.39, 0.29) is 69.4 Å². The van der Waals surface area contributed by atoms with Crippen molar-refractivity contribution in [2.24, 2.45) is 66.2 Å². The lowest BCUT2D eigenvalue weighted by Gasteiger charge is -2.46. The van der Waals surface area contributed by atoms with Gasteiger partial charge in [0.1, 0.15) is 0 Å². The smallest absolute Gasteiger partial charge is 0.304 e. The summed E-state index contributed by atoms with van der Waals surface area (Å²) in [7, 11) is 0. The van der Waals surface area contributed by atoms with Crippen LogP contribution in [0.1, 0.15) is 140 Å². The van der Waals surface area contributed by atoms with Crippen LogP contribution in [0.15, 0.2) is 37.5 Å². The molecule has 61 heavy (non-hydrogen) atoms. The molecule has 3 aliphatic rings. The predicted molar refractivity (Wildman–Crippen MR) is 229 cm³/mol. The summed E-state index contributed by atoms with van der Waals surface area (Å²) < 4.78 is 0. The zero-order valence-electron chi connectivity index (χ0n) is 37.3. The molecule has 0 aromatic rings. The van der Waals surface area contributed by atoms with E-state index in [0.29, 0.717) is 34.8 Å². The van der Waals surface area contributed by atoms with Gasteiger partial charge < -0.3 is 36.0 Å². The van der Waals surface area contributed by atoms with Crippen LogP contribution in [0.25, 0.3) is 0 Å². The normalized spacial score (nSPS) is 25.8. The Bertz CT molecular complexity index is 1960. The minimum Gasteiger partial charge on any atom is -0.481 e. The molecule has 0 aliphatic carbocycles. The molecule has 0 saturated carbocycles. The van der Waals surface area contributed by atoms with E-state index in [0.717, 1.165) is 5.57 Å². The maximum absolute atomic E-state index is 12.7. The van der Waals surface area contributed by atoms with Crippen molar-refractivity contribution >= 4 is 59.2 Å². The van der Waals surface area contributed by atoms with E-state index < -0.39 is 93.6 Å². The highest BCUT2D eigenvalue weighted by molar-refractivity contribution is 6.02. The first kappa shape index (κ1) is 50.3. The molecule has 8 unspecified atom stereocenters. The molecule has 0 fully saturated rings. The number of allylic oxidation sites excluding steroid dienone is 4. The molecule has 0 saturated heterocycles. The SMILES string of the molecule is CCC1(C)C(C(C)C2=C(CCC(=O)O)C(C)(C)C(CC3=C(CCC(=O)O)C(C)(CC(=O)O)C=N3)=N2)=NC(C(C)C(C)(CC(=O)O)C(CCC(=O)O)C(=N)C(C)C)C1CC(=O)O. The Morgan fingerprint density at radius 1 is 0.803 bits per heavy atom. The number of nitrogens with one attached hydrogen (secondary N) is 1. The minimum atomic E-state index is -1.23. The fourth-order valence-electron chi connectivity index (χ4n) is 10.2. The molecule has 8 atom stereocenters. The average molecular weight is 855 g/mol. The molecule has 16 heteroatoms. The number of hydrogen-bond donors (Lipinski definition) is 7. The standard InChI is InChI=1S/C45H66N4O12/c1-11-44(9)29(18-35(56)57)40(25(5)45(10,21-37(60)61)27(13-16-33(52)53)38(46)23(2)3)49-41(44)24(4)39-28(14-17-34(54)55)42(6,7)31(48-39)19-30-26(12-15-32(50)51)43(8,22-47-30)20-36(58)59/h22-25,27,29,40,46H,11-21H2,1-10H3,(H,50,51)(H,52,53)(H,54,55)(H,56,57)(H,58,59)(H,60,61). The van der Waals surface area contributed by atoms with Crippen LogP contribution in [0.5, 0.6) is 0 Å². The number of rotatable bonds is 25. The Hall–Kier alpha value is -5.02. The van der Waals surface area contributed by atoms with Gasteiger partial charge in [-0.05, 0) is 54.1 Å². The van der Waals surface area contributed by atoms with Gasteiger partial charge >= 0.3 is 35.8 Å². The average Bonchev–Trinajstić information content (AvgIpc) is 3.69. The van der Waals surface area contributed by atoms with Gasteiger partial charge in [-0.3, -0.25) is 43.7 Å². The molecule has 16 nitrogen and oxygen atoms in total. The van der Waals surface area contributed by atoms with Crippen molar-refractivity contribution in [2.45, 2.75) is 146 Å². The lowest BCUT2D eigenvalue weighted by atomic mass is 9.57. The largest absolute Gasteiger partial charge is 0.481 e. The second-order valence-corrected chi connectivity index (χ2v) is 18.8. The summed E-state index contributed by atoms with van der Waals surface area (Å²) in [5.41, 5.74) is -0.178. The first-order valence-corrected chi connectivity index (χ1v) is 21.1. The molecule has 7 N–H and O–H groups in total. The lowest BCUT2D eigenvalue weighted by molar-refractivity contribution is -0.143. The Kier molecular flexibility index (Phi) is 16.0. The number of nitrogens with zero attached hydrogens (tertiary/aromatic N) is 3. The molecule has 3 heterocycles. The first-order chi connectivity index (χ1) is 28.1. The Morgan fingerprint density at radius 2 is 1.36 bits per heavy atom. The second-order valence-electron chi connectivity index (χ2n) is 18.8. The third-order valence-corrected chi connectivity index (χ3v) is 14.2. The van der Waals surface area contributed by atoms with Crippen LogP contribution >= 0.6 is 0 Å². The van der Waals surface area contributed by atoms with Crippen molar-refractivity contribution in [1.29, 1.82) is 5.41 Å². The van der Waals surface area contributed by atoms with Gasteiger partial charge in [-0.1, -0.05) is 69.2 Å². The molecule has 0 bridgehead atoms. The van der Waals surface area contributed by atoms with Crippen molar-refractivity contribution < 1.29 is 59.4 Å². The van der Waals surface area contributed by atoms with Crippen LogP contribution in [0.4, 0.5) is 0 Å². The van der Waals surface area contributed by atoms with Crippen LogP contribution in [0.3, 0.4) is 0 Å². The van der Waals surface area contributed by atoms with Gasteiger partial charge in [-0.2, -0.15) is 0 Å². The fraction of sp³-hybridized carbons (Fsp3) is 0.689. The Morgan fingerprint density at radius 3 is 1.84 bits per heavy atom. The summed E-state index contributed by atoms with van der Waals surface area (Å²) in [4.78, 5) is 88.0. The van der Waals surface area contributed by atoms with Gasteiger partial charge in [0, 0.05) is 94.4 Å². The minimum absolute atomic E-state index is 0.00909. The van der Waals surface area contributed by atoms with E-state index in [4.69, 9.17) is 15.4 Å². The van der Waals surface area contributed by atoms with Crippen LogP contribution in [-0.2, 0) is 28.8 Å². The molecular formula is C45H66N4O12. The van der Waals surface area contributed by atoms with E-state index in [9.17, 15) is 59.4 Å². The highest BCUT2D eigenvalue weighted by Gasteiger charge is 2.56. The van der Waals surface area contributed by atoms with Gasteiger partial charge in [-0.15, -0.1) is 0 Å². The van der Waals surface area contributed by atoms with E-state index >= 15 is 0 Å². The van der Waals surface area contributed by atoms with Crippen LogP contribution in [0.2, 0.25) is 0 Å². The van der Waals surface area contributed by atoms with Crippen LogP contribution < -0.4 is 0 Å². The highest BCUT2D eigenvalue weighted by atomic mass is 16.4. The van der Waals surface area contributed by atoms with Crippen molar-refractivity contribution in [3.05, 3.63) is 22.5 Å².